The van der Waals surface area contributed by atoms with Crippen LogP contribution in [0.5, 0.6) is 0 Å². The van der Waals surface area contributed by atoms with Gasteiger partial charge in [-0.3, -0.25) is 4.79 Å². The molecule has 2 aliphatic rings. The first-order valence-corrected chi connectivity index (χ1v) is 7.90. The van der Waals surface area contributed by atoms with E-state index in [0.29, 0.717) is 5.69 Å². The molecule has 0 aromatic heterocycles. The summed E-state index contributed by atoms with van der Waals surface area (Å²) in [6.45, 7) is 0.144. The second-order valence-corrected chi connectivity index (χ2v) is 7.16. The van der Waals surface area contributed by atoms with Crippen molar-refractivity contribution >= 4 is 27.1 Å². The van der Waals surface area contributed by atoms with Crippen LogP contribution in [0, 0.1) is 0 Å². The number of carbonyl (C=O) groups excluding carboxylic acids is 1. The van der Waals surface area contributed by atoms with Crippen molar-refractivity contribution in [3.05, 3.63) is 24.3 Å². The van der Waals surface area contributed by atoms with Gasteiger partial charge in [0.1, 0.15) is 0 Å². The van der Waals surface area contributed by atoms with Crippen molar-refractivity contribution in [2.75, 3.05) is 28.3 Å². The van der Waals surface area contributed by atoms with E-state index in [1.54, 1.807) is 6.07 Å². The third kappa shape index (κ3) is 2.19. The molecule has 0 bridgehead atoms. The second kappa shape index (κ2) is 4.21. The molecule has 1 fully saturated rings. The summed E-state index contributed by atoms with van der Waals surface area (Å²) >= 11 is 0. The van der Waals surface area contributed by atoms with Gasteiger partial charge in [-0.25, -0.2) is 8.42 Å². The van der Waals surface area contributed by atoms with E-state index in [0.717, 1.165) is 5.69 Å². The average molecular weight is 281 g/mol. The quantitative estimate of drug-likeness (QED) is 0.728. The smallest absolute Gasteiger partial charge is 0.243 e. The van der Waals surface area contributed by atoms with Gasteiger partial charge in [0, 0.05) is 6.04 Å². The average Bonchev–Trinajstić information content (AvgIpc) is 2.61. The molecule has 0 aliphatic carbocycles. The minimum atomic E-state index is -3.11. The molecule has 2 heterocycles. The first-order valence-electron chi connectivity index (χ1n) is 6.08. The Bertz CT molecular complexity index is 629. The van der Waals surface area contributed by atoms with Gasteiger partial charge in [0.15, 0.2) is 9.84 Å². The fraction of sp³-hybridized carbons (Fsp3) is 0.417. The molecular formula is C12H15N3O3S. The fourth-order valence-electron chi connectivity index (χ4n) is 2.73. The number of rotatable bonds is 1. The van der Waals surface area contributed by atoms with E-state index < -0.39 is 15.9 Å². The maximum absolute atomic E-state index is 11.7. The first-order chi connectivity index (χ1) is 8.96. The number of fused-ring (bicyclic) bond motifs is 1. The summed E-state index contributed by atoms with van der Waals surface area (Å²) in [5, 5.41) is 2.78. The van der Waals surface area contributed by atoms with E-state index >= 15 is 0 Å². The molecule has 19 heavy (non-hydrogen) atoms. The zero-order chi connectivity index (χ0) is 13.6. The molecule has 3 N–H and O–H groups in total. The minimum absolute atomic E-state index is 0.00970. The molecule has 102 valence electrons. The van der Waals surface area contributed by atoms with Crippen molar-refractivity contribution in [3.63, 3.8) is 0 Å². The largest absolute Gasteiger partial charge is 0.355 e. The Morgan fingerprint density at radius 2 is 2.00 bits per heavy atom. The number of nitrogens with one attached hydrogen (secondary N) is 1. The highest BCUT2D eigenvalue weighted by atomic mass is 32.2. The number of sulfone groups is 1. The first kappa shape index (κ1) is 12.4. The van der Waals surface area contributed by atoms with Crippen LogP contribution in [0.25, 0.3) is 0 Å². The molecule has 1 aromatic carbocycles. The van der Waals surface area contributed by atoms with Crippen molar-refractivity contribution in [1.29, 1.82) is 0 Å². The lowest BCUT2D eigenvalue weighted by Gasteiger charge is -2.36. The van der Waals surface area contributed by atoms with Crippen LogP contribution in [0.3, 0.4) is 0 Å². The Kier molecular flexibility index (Phi) is 2.75. The van der Waals surface area contributed by atoms with Crippen LogP contribution >= 0.6 is 0 Å². The highest BCUT2D eigenvalue weighted by Crippen LogP contribution is 2.32. The predicted molar refractivity (Wildman–Crippen MR) is 72.8 cm³/mol. The van der Waals surface area contributed by atoms with E-state index in [1.165, 1.54) is 0 Å². The van der Waals surface area contributed by atoms with Crippen molar-refractivity contribution in [2.24, 2.45) is 5.73 Å². The summed E-state index contributed by atoms with van der Waals surface area (Å²) in [5.74, 6) is -0.150. The van der Waals surface area contributed by atoms with E-state index in [-0.39, 0.29) is 30.0 Å². The Labute approximate surface area is 111 Å². The maximum atomic E-state index is 11.7. The van der Waals surface area contributed by atoms with Crippen molar-refractivity contribution < 1.29 is 13.2 Å². The number of nitrogens with two attached hydrogens (primary N) is 1. The summed E-state index contributed by atoms with van der Waals surface area (Å²) in [7, 11) is -3.11. The Hall–Kier alpha value is -1.60. The predicted octanol–water partition coefficient (Wildman–Crippen LogP) is -0.431. The van der Waals surface area contributed by atoms with Gasteiger partial charge < -0.3 is 16.0 Å². The molecule has 1 amide bonds. The van der Waals surface area contributed by atoms with Crippen LogP contribution in [0.1, 0.15) is 0 Å². The van der Waals surface area contributed by atoms with Gasteiger partial charge in [0.05, 0.1) is 35.5 Å². The molecule has 0 radical (unpaired) electrons. The normalized spacial score (nSPS) is 28.9. The van der Waals surface area contributed by atoms with Crippen LogP contribution in [0.2, 0.25) is 0 Å². The zero-order valence-corrected chi connectivity index (χ0v) is 11.1. The monoisotopic (exact) mass is 281 g/mol. The molecule has 2 unspecified atom stereocenters. The molecule has 7 heteroatoms. The van der Waals surface area contributed by atoms with Gasteiger partial charge in [0.25, 0.3) is 0 Å². The van der Waals surface area contributed by atoms with Gasteiger partial charge in [-0.05, 0) is 12.1 Å². The van der Waals surface area contributed by atoms with E-state index in [1.807, 2.05) is 23.1 Å². The molecule has 2 atom stereocenters. The van der Waals surface area contributed by atoms with Crippen LogP contribution in [0.4, 0.5) is 11.4 Å². The lowest BCUT2D eigenvalue weighted by atomic mass is 10.1. The number of benzene rings is 1. The molecule has 0 saturated carbocycles. The third-order valence-corrected chi connectivity index (χ3v) is 5.31. The van der Waals surface area contributed by atoms with Gasteiger partial charge in [-0.15, -0.1) is 0 Å². The second-order valence-electron chi connectivity index (χ2n) is 5.00. The van der Waals surface area contributed by atoms with Crippen molar-refractivity contribution in [2.45, 2.75) is 12.1 Å². The lowest BCUT2D eigenvalue weighted by molar-refractivity contribution is -0.115. The SMILES string of the molecule is NC1CS(=O)(=O)CC1N1CC(=O)Nc2ccccc21. The number of anilines is 2. The Morgan fingerprint density at radius 3 is 2.68 bits per heavy atom. The van der Waals surface area contributed by atoms with Crippen molar-refractivity contribution in [1.82, 2.24) is 0 Å². The zero-order valence-electron chi connectivity index (χ0n) is 10.2. The molecule has 2 aliphatic heterocycles. The number of amides is 1. The van der Waals surface area contributed by atoms with E-state index in [4.69, 9.17) is 5.73 Å². The molecule has 0 spiro atoms. The van der Waals surface area contributed by atoms with Gasteiger partial charge in [-0.2, -0.15) is 0 Å². The van der Waals surface area contributed by atoms with E-state index in [2.05, 4.69) is 5.32 Å². The summed E-state index contributed by atoms with van der Waals surface area (Å²) in [6.07, 6.45) is 0. The highest BCUT2D eigenvalue weighted by molar-refractivity contribution is 7.91. The molecule has 6 nitrogen and oxygen atoms in total. The van der Waals surface area contributed by atoms with Crippen LogP contribution in [-0.2, 0) is 14.6 Å². The maximum Gasteiger partial charge on any atom is 0.243 e. The highest BCUT2D eigenvalue weighted by Gasteiger charge is 2.41. The summed E-state index contributed by atoms with van der Waals surface area (Å²) in [4.78, 5) is 13.5. The number of nitrogens with zero attached hydrogens (tertiary/aromatic N) is 1. The minimum Gasteiger partial charge on any atom is -0.355 e. The molecule has 1 aromatic rings. The number of carbonyl (C=O) groups is 1. The summed E-state index contributed by atoms with van der Waals surface area (Å²) in [6, 6.07) is 6.56. The van der Waals surface area contributed by atoms with Crippen LogP contribution in [-0.4, -0.2) is 44.5 Å². The fourth-order valence-corrected chi connectivity index (χ4v) is 4.62. The standard InChI is InChI=1S/C12H15N3O3S/c13-8-6-19(17,18)7-11(8)15-5-12(16)14-9-3-1-2-4-10(9)15/h1-4,8,11H,5-7,13H2,(H,14,16). The van der Waals surface area contributed by atoms with Crippen molar-refractivity contribution in [3.8, 4) is 0 Å². The summed E-state index contributed by atoms with van der Waals surface area (Å²) in [5.41, 5.74) is 7.47. The van der Waals surface area contributed by atoms with Crippen LogP contribution in [0.15, 0.2) is 24.3 Å². The molecule has 1 saturated heterocycles. The molecular weight excluding hydrogens is 266 g/mol. The van der Waals surface area contributed by atoms with Gasteiger partial charge >= 0.3 is 0 Å². The Balaban J connectivity index is 2.00. The molecule has 3 rings (SSSR count). The van der Waals surface area contributed by atoms with Gasteiger partial charge in [-0.1, -0.05) is 12.1 Å². The van der Waals surface area contributed by atoms with Crippen LogP contribution < -0.4 is 16.0 Å². The number of hydrogen-bond acceptors (Lipinski definition) is 5. The third-order valence-electron chi connectivity index (χ3n) is 3.57. The summed E-state index contributed by atoms with van der Waals surface area (Å²) < 4.78 is 23.4. The lowest BCUT2D eigenvalue weighted by Crippen LogP contribution is -2.52. The topological polar surface area (TPSA) is 92.5 Å². The Morgan fingerprint density at radius 1 is 1.26 bits per heavy atom. The number of hydrogen-bond donors (Lipinski definition) is 2. The van der Waals surface area contributed by atoms with Gasteiger partial charge in [0.2, 0.25) is 5.91 Å². The van der Waals surface area contributed by atoms with E-state index in [9.17, 15) is 13.2 Å². The number of para-hydroxylation sites is 2.